The molecule has 0 atom stereocenters. The minimum atomic E-state index is 0.0654. The summed E-state index contributed by atoms with van der Waals surface area (Å²) < 4.78 is 6.96. The summed E-state index contributed by atoms with van der Waals surface area (Å²) in [6, 6.07) is 3.47. The van der Waals surface area contributed by atoms with E-state index in [1.165, 1.54) is 0 Å². The highest BCUT2D eigenvalue weighted by Gasteiger charge is 2.32. The van der Waals surface area contributed by atoms with E-state index in [0.717, 1.165) is 38.4 Å². The lowest BCUT2D eigenvalue weighted by Gasteiger charge is -2.38. The Bertz CT molecular complexity index is 435. The summed E-state index contributed by atoms with van der Waals surface area (Å²) in [4.78, 5) is 11.5. The number of nitrogens with zero attached hydrogens (tertiary/aromatic N) is 1. The Morgan fingerprint density at radius 1 is 1.47 bits per heavy atom. The number of ether oxygens (including phenoxy) is 1. The van der Waals surface area contributed by atoms with Crippen LogP contribution < -0.4 is 10.9 Å². The molecule has 1 aromatic heterocycles. The first-order valence-electron chi connectivity index (χ1n) is 6.15. The number of hydrogen-bond donors (Lipinski definition) is 1. The smallest absolute Gasteiger partial charge is 0.250 e. The SMILES string of the molecule is CCCn1cc(NCC2(C)COC2)ccc1=O. The fourth-order valence-electron chi connectivity index (χ4n) is 1.92. The van der Waals surface area contributed by atoms with Crippen LogP contribution in [0, 0.1) is 5.41 Å². The van der Waals surface area contributed by atoms with Gasteiger partial charge in [-0.1, -0.05) is 13.8 Å². The largest absolute Gasteiger partial charge is 0.383 e. The Balaban J connectivity index is 2.00. The molecule has 4 nitrogen and oxygen atoms in total. The number of hydrogen-bond acceptors (Lipinski definition) is 3. The Labute approximate surface area is 102 Å². The molecule has 94 valence electrons. The van der Waals surface area contributed by atoms with Crippen molar-refractivity contribution in [1.82, 2.24) is 4.57 Å². The van der Waals surface area contributed by atoms with E-state index in [9.17, 15) is 4.79 Å². The molecule has 0 spiro atoms. The van der Waals surface area contributed by atoms with Crippen molar-refractivity contribution in [2.75, 3.05) is 25.1 Å². The van der Waals surface area contributed by atoms with E-state index in [-0.39, 0.29) is 11.0 Å². The van der Waals surface area contributed by atoms with Gasteiger partial charge in [0, 0.05) is 30.8 Å². The van der Waals surface area contributed by atoms with Crippen molar-refractivity contribution in [1.29, 1.82) is 0 Å². The quantitative estimate of drug-likeness (QED) is 0.846. The van der Waals surface area contributed by atoms with Gasteiger partial charge in [0.2, 0.25) is 0 Å². The Morgan fingerprint density at radius 2 is 2.24 bits per heavy atom. The van der Waals surface area contributed by atoms with Crippen molar-refractivity contribution >= 4 is 5.69 Å². The zero-order valence-corrected chi connectivity index (χ0v) is 10.5. The van der Waals surface area contributed by atoms with Gasteiger partial charge in [-0.05, 0) is 12.5 Å². The molecule has 0 aromatic carbocycles. The van der Waals surface area contributed by atoms with Gasteiger partial charge in [0.05, 0.1) is 18.9 Å². The fraction of sp³-hybridized carbons (Fsp3) is 0.615. The summed E-state index contributed by atoms with van der Waals surface area (Å²) in [7, 11) is 0. The molecule has 1 saturated heterocycles. The zero-order valence-electron chi connectivity index (χ0n) is 10.5. The second-order valence-electron chi connectivity index (χ2n) is 5.11. The lowest BCUT2D eigenvalue weighted by Crippen LogP contribution is -2.45. The standard InChI is InChI=1S/C13H20N2O2/c1-3-6-15-7-11(4-5-12(15)16)14-8-13(2)9-17-10-13/h4-5,7,14H,3,6,8-10H2,1-2H3. The Kier molecular flexibility index (Phi) is 3.52. The van der Waals surface area contributed by atoms with E-state index >= 15 is 0 Å². The first kappa shape index (κ1) is 12.2. The van der Waals surface area contributed by atoms with E-state index in [2.05, 4.69) is 19.2 Å². The van der Waals surface area contributed by atoms with E-state index < -0.39 is 0 Å². The van der Waals surface area contributed by atoms with Gasteiger partial charge in [0.25, 0.3) is 5.56 Å². The van der Waals surface area contributed by atoms with Gasteiger partial charge in [0.1, 0.15) is 0 Å². The number of aryl methyl sites for hydroxylation is 1. The summed E-state index contributed by atoms with van der Waals surface area (Å²) in [5.41, 5.74) is 1.31. The Hall–Kier alpha value is -1.29. The molecule has 1 aromatic rings. The van der Waals surface area contributed by atoms with Gasteiger partial charge in [-0.2, -0.15) is 0 Å². The molecular weight excluding hydrogens is 216 g/mol. The van der Waals surface area contributed by atoms with Crippen molar-refractivity contribution in [3.8, 4) is 0 Å². The van der Waals surface area contributed by atoms with Gasteiger partial charge < -0.3 is 14.6 Å². The van der Waals surface area contributed by atoms with Crippen LogP contribution in [-0.2, 0) is 11.3 Å². The minimum absolute atomic E-state index is 0.0654. The molecule has 2 rings (SSSR count). The lowest BCUT2D eigenvalue weighted by molar-refractivity contribution is -0.0924. The molecule has 1 N–H and O–H groups in total. The number of rotatable bonds is 5. The van der Waals surface area contributed by atoms with Gasteiger partial charge in [-0.3, -0.25) is 4.79 Å². The predicted octanol–water partition coefficient (Wildman–Crippen LogP) is 1.71. The van der Waals surface area contributed by atoms with Crippen molar-refractivity contribution in [3.63, 3.8) is 0 Å². The maximum absolute atomic E-state index is 11.5. The highest BCUT2D eigenvalue weighted by atomic mass is 16.5. The molecule has 0 amide bonds. The number of anilines is 1. The third kappa shape index (κ3) is 2.88. The molecule has 0 bridgehead atoms. The molecule has 1 fully saturated rings. The summed E-state index contributed by atoms with van der Waals surface area (Å²) in [5.74, 6) is 0. The van der Waals surface area contributed by atoms with E-state index in [0.29, 0.717) is 0 Å². The predicted molar refractivity (Wildman–Crippen MR) is 68.4 cm³/mol. The summed E-state index contributed by atoms with van der Waals surface area (Å²) >= 11 is 0. The van der Waals surface area contributed by atoms with Crippen molar-refractivity contribution in [3.05, 3.63) is 28.7 Å². The van der Waals surface area contributed by atoms with Crippen LogP contribution in [0.4, 0.5) is 5.69 Å². The average molecular weight is 236 g/mol. The lowest BCUT2D eigenvalue weighted by atomic mass is 9.89. The normalized spacial score (nSPS) is 17.5. The average Bonchev–Trinajstić information content (AvgIpc) is 2.28. The summed E-state index contributed by atoms with van der Waals surface area (Å²) in [6.07, 6.45) is 2.86. The highest BCUT2D eigenvalue weighted by Crippen LogP contribution is 2.26. The van der Waals surface area contributed by atoms with E-state index in [1.807, 2.05) is 12.3 Å². The minimum Gasteiger partial charge on any atom is -0.383 e. The third-order valence-electron chi connectivity index (χ3n) is 3.07. The maximum atomic E-state index is 11.5. The van der Waals surface area contributed by atoms with Crippen LogP contribution >= 0.6 is 0 Å². The van der Waals surface area contributed by atoms with Gasteiger partial charge >= 0.3 is 0 Å². The molecule has 0 unspecified atom stereocenters. The van der Waals surface area contributed by atoms with Crippen LogP contribution in [0.2, 0.25) is 0 Å². The first-order valence-corrected chi connectivity index (χ1v) is 6.15. The van der Waals surface area contributed by atoms with Crippen LogP contribution in [0.25, 0.3) is 0 Å². The number of aromatic nitrogens is 1. The summed E-state index contributed by atoms with van der Waals surface area (Å²) in [5, 5.41) is 3.37. The summed E-state index contributed by atoms with van der Waals surface area (Å²) in [6.45, 7) is 7.56. The molecule has 2 heterocycles. The van der Waals surface area contributed by atoms with Crippen LogP contribution in [0.1, 0.15) is 20.3 Å². The number of pyridine rings is 1. The van der Waals surface area contributed by atoms with E-state index in [1.54, 1.807) is 10.6 Å². The molecule has 17 heavy (non-hydrogen) atoms. The van der Waals surface area contributed by atoms with Crippen molar-refractivity contribution in [2.24, 2.45) is 5.41 Å². The van der Waals surface area contributed by atoms with Crippen molar-refractivity contribution < 1.29 is 4.74 Å². The maximum Gasteiger partial charge on any atom is 0.250 e. The molecule has 4 heteroatoms. The zero-order chi connectivity index (χ0) is 12.3. The third-order valence-corrected chi connectivity index (χ3v) is 3.07. The van der Waals surface area contributed by atoms with Crippen LogP contribution in [0.5, 0.6) is 0 Å². The fourth-order valence-corrected chi connectivity index (χ4v) is 1.92. The second kappa shape index (κ2) is 4.92. The van der Waals surface area contributed by atoms with Crippen LogP contribution in [0.3, 0.4) is 0 Å². The van der Waals surface area contributed by atoms with Gasteiger partial charge in [-0.15, -0.1) is 0 Å². The highest BCUT2D eigenvalue weighted by molar-refractivity contribution is 5.40. The van der Waals surface area contributed by atoms with Gasteiger partial charge in [0.15, 0.2) is 0 Å². The van der Waals surface area contributed by atoms with Crippen LogP contribution in [0.15, 0.2) is 23.1 Å². The first-order chi connectivity index (χ1) is 8.13. The van der Waals surface area contributed by atoms with Gasteiger partial charge in [-0.25, -0.2) is 0 Å². The second-order valence-corrected chi connectivity index (χ2v) is 5.11. The van der Waals surface area contributed by atoms with Crippen molar-refractivity contribution in [2.45, 2.75) is 26.8 Å². The molecule has 0 radical (unpaired) electrons. The topological polar surface area (TPSA) is 43.3 Å². The molecule has 1 aliphatic rings. The Morgan fingerprint density at radius 3 is 2.82 bits per heavy atom. The van der Waals surface area contributed by atoms with E-state index in [4.69, 9.17) is 4.74 Å². The monoisotopic (exact) mass is 236 g/mol. The molecule has 0 saturated carbocycles. The number of nitrogens with one attached hydrogen (secondary N) is 1. The molecule has 0 aliphatic carbocycles. The molecular formula is C13H20N2O2. The van der Waals surface area contributed by atoms with Crippen LogP contribution in [-0.4, -0.2) is 24.3 Å². The molecule has 1 aliphatic heterocycles.